The molecule has 3 aromatic carbocycles. The van der Waals surface area contributed by atoms with Crippen molar-refractivity contribution in [2.45, 2.75) is 18.7 Å². The summed E-state index contributed by atoms with van der Waals surface area (Å²) in [6.45, 7) is 3.30. The predicted molar refractivity (Wildman–Crippen MR) is 142 cm³/mol. The Labute approximate surface area is 225 Å². The number of hydrogen-bond acceptors (Lipinski definition) is 6. The Kier molecular flexibility index (Phi) is 9.45. The number of hydrogen-bond donors (Lipinski definition) is 1. The molecule has 194 valence electrons. The standard InChI is InChI=1S/C26H24Cl2N2O6S/c1-3-30(4-2)37(34,35)19-13-14-22(28)23(15-19)29-24(31)16-36-26(33)21-8-6-5-7-20(21)25(32)17-9-11-18(27)12-10-17/h5-15H,3-4,16H2,1-2H3,(H,29,31). The molecule has 0 atom stereocenters. The van der Waals surface area contributed by atoms with Crippen molar-refractivity contribution in [1.29, 1.82) is 0 Å². The maximum absolute atomic E-state index is 12.9. The van der Waals surface area contributed by atoms with Gasteiger partial charge in [0, 0.05) is 29.2 Å². The van der Waals surface area contributed by atoms with E-state index in [2.05, 4.69) is 5.32 Å². The maximum atomic E-state index is 12.9. The second-order valence-corrected chi connectivity index (χ2v) is 10.5. The quantitative estimate of drug-likeness (QED) is 0.273. The van der Waals surface area contributed by atoms with Gasteiger partial charge < -0.3 is 10.1 Å². The molecular formula is C26H24Cl2N2O6S. The van der Waals surface area contributed by atoms with Gasteiger partial charge in [-0.2, -0.15) is 4.31 Å². The molecule has 11 heteroatoms. The summed E-state index contributed by atoms with van der Waals surface area (Å²) in [5.74, 6) is -2.03. The van der Waals surface area contributed by atoms with Crippen molar-refractivity contribution in [3.63, 3.8) is 0 Å². The third kappa shape index (κ3) is 6.75. The highest BCUT2D eigenvalue weighted by atomic mass is 35.5. The van der Waals surface area contributed by atoms with Crippen LogP contribution >= 0.6 is 23.2 Å². The molecule has 0 radical (unpaired) electrons. The first-order chi connectivity index (χ1) is 17.6. The van der Waals surface area contributed by atoms with Crippen molar-refractivity contribution < 1.29 is 27.5 Å². The first kappa shape index (κ1) is 28.3. The van der Waals surface area contributed by atoms with Crippen molar-refractivity contribution in [2.24, 2.45) is 0 Å². The Hall–Kier alpha value is -3.24. The molecule has 0 aliphatic carbocycles. The number of ketones is 1. The molecule has 1 amide bonds. The summed E-state index contributed by atoms with van der Waals surface area (Å²) in [4.78, 5) is 38.1. The van der Waals surface area contributed by atoms with Crippen LogP contribution < -0.4 is 5.32 Å². The number of sulfonamides is 1. The van der Waals surface area contributed by atoms with E-state index in [9.17, 15) is 22.8 Å². The molecule has 0 unspecified atom stereocenters. The number of anilines is 1. The Bertz CT molecular complexity index is 1420. The van der Waals surface area contributed by atoms with Gasteiger partial charge in [0.1, 0.15) is 0 Å². The molecule has 0 spiro atoms. The molecule has 0 saturated carbocycles. The van der Waals surface area contributed by atoms with Crippen LogP contribution in [0.5, 0.6) is 0 Å². The number of halogens is 2. The highest BCUT2D eigenvalue weighted by Crippen LogP contribution is 2.27. The average Bonchev–Trinajstić information content (AvgIpc) is 2.89. The molecule has 0 fully saturated rings. The number of benzene rings is 3. The lowest BCUT2D eigenvalue weighted by Gasteiger charge is -2.19. The Morgan fingerprint density at radius 1 is 0.892 bits per heavy atom. The van der Waals surface area contributed by atoms with Gasteiger partial charge in [0.15, 0.2) is 12.4 Å². The maximum Gasteiger partial charge on any atom is 0.339 e. The van der Waals surface area contributed by atoms with E-state index in [1.165, 1.54) is 34.6 Å². The molecular weight excluding hydrogens is 539 g/mol. The lowest BCUT2D eigenvalue weighted by Crippen LogP contribution is -2.30. The summed E-state index contributed by atoms with van der Waals surface area (Å²) < 4.78 is 32.0. The third-order valence-electron chi connectivity index (χ3n) is 5.39. The largest absolute Gasteiger partial charge is 0.452 e. The summed E-state index contributed by atoms with van der Waals surface area (Å²) in [7, 11) is -3.78. The summed E-state index contributed by atoms with van der Waals surface area (Å²) in [5.41, 5.74) is 0.471. The third-order valence-corrected chi connectivity index (χ3v) is 8.01. The molecule has 0 aromatic heterocycles. The molecule has 0 aliphatic rings. The monoisotopic (exact) mass is 562 g/mol. The minimum atomic E-state index is -3.78. The second-order valence-electron chi connectivity index (χ2n) is 7.74. The van der Waals surface area contributed by atoms with E-state index in [4.69, 9.17) is 27.9 Å². The normalized spacial score (nSPS) is 11.3. The number of nitrogens with zero attached hydrogens (tertiary/aromatic N) is 1. The van der Waals surface area contributed by atoms with Gasteiger partial charge in [-0.05, 0) is 48.5 Å². The van der Waals surface area contributed by atoms with Crippen LogP contribution in [0.2, 0.25) is 10.0 Å². The molecule has 0 aliphatic heterocycles. The summed E-state index contributed by atoms with van der Waals surface area (Å²) in [6.07, 6.45) is 0. The zero-order valence-corrected chi connectivity index (χ0v) is 22.4. The Morgan fingerprint density at radius 3 is 2.14 bits per heavy atom. The van der Waals surface area contributed by atoms with Gasteiger partial charge in [0.2, 0.25) is 10.0 Å². The highest BCUT2D eigenvalue weighted by molar-refractivity contribution is 7.89. The van der Waals surface area contributed by atoms with Crippen LogP contribution in [0.25, 0.3) is 0 Å². The molecule has 0 heterocycles. The number of amides is 1. The van der Waals surface area contributed by atoms with Crippen molar-refractivity contribution in [1.82, 2.24) is 4.31 Å². The number of nitrogens with one attached hydrogen (secondary N) is 1. The first-order valence-corrected chi connectivity index (χ1v) is 13.4. The van der Waals surface area contributed by atoms with Crippen LogP contribution in [-0.2, 0) is 19.6 Å². The van der Waals surface area contributed by atoms with Crippen LogP contribution in [-0.4, -0.2) is 50.1 Å². The van der Waals surface area contributed by atoms with E-state index in [1.54, 1.807) is 50.2 Å². The predicted octanol–water partition coefficient (Wildman–Crippen LogP) is 5.05. The Balaban J connectivity index is 1.72. The summed E-state index contributed by atoms with van der Waals surface area (Å²) >= 11 is 12.0. The van der Waals surface area contributed by atoms with Crippen molar-refractivity contribution in [2.75, 3.05) is 25.0 Å². The van der Waals surface area contributed by atoms with Crippen LogP contribution in [0.3, 0.4) is 0 Å². The van der Waals surface area contributed by atoms with Gasteiger partial charge in [0.25, 0.3) is 5.91 Å². The van der Waals surface area contributed by atoms with Crippen LogP contribution in [0.4, 0.5) is 5.69 Å². The van der Waals surface area contributed by atoms with Gasteiger partial charge in [-0.3, -0.25) is 9.59 Å². The zero-order chi connectivity index (χ0) is 27.2. The van der Waals surface area contributed by atoms with Gasteiger partial charge in [-0.25, -0.2) is 13.2 Å². The number of carbonyl (C=O) groups excluding carboxylic acids is 3. The SMILES string of the molecule is CCN(CC)S(=O)(=O)c1ccc(Cl)c(NC(=O)COC(=O)c2ccccc2C(=O)c2ccc(Cl)cc2)c1. The number of esters is 1. The van der Waals surface area contributed by atoms with E-state index < -0.39 is 34.3 Å². The van der Waals surface area contributed by atoms with Crippen molar-refractivity contribution in [3.05, 3.63) is 93.5 Å². The van der Waals surface area contributed by atoms with Gasteiger partial charge in [-0.15, -0.1) is 0 Å². The van der Waals surface area contributed by atoms with Gasteiger partial charge >= 0.3 is 5.97 Å². The second kappa shape index (κ2) is 12.3. The van der Waals surface area contributed by atoms with E-state index >= 15 is 0 Å². The lowest BCUT2D eigenvalue weighted by atomic mass is 9.98. The number of rotatable bonds is 10. The van der Waals surface area contributed by atoms with Crippen molar-refractivity contribution in [3.8, 4) is 0 Å². The van der Waals surface area contributed by atoms with Crippen molar-refractivity contribution >= 4 is 56.6 Å². The van der Waals surface area contributed by atoms with Crippen LogP contribution in [0.15, 0.2) is 71.6 Å². The van der Waals surface area contributed by atoms with E-state index in [-0.39, 0.29) is 39.8 Å². The van der Waals surface area contributed by atoms with E-state index in [0.29, 0.717) is 10.6 Å². The number of ether oxygens (including phenoxy) is 1. The number of carbonyl (C=O) groups is 3. The van der Waals surface area contributed by atoms with E-state index in [1.807, 2.05) is 0 Å². The summed E-state index contributed by atoms with van der Waals surface area (Å²) in [6, 6.07) is 16.2. The minimum Gasteiger partial charge on any atom is -0.452 e. The van der Waals surface area contributed by atoms with Crippen LogP contribution in [0.1, 0.15) is 40.1 Å². The molecule has 0 saturated heterocycles. The van der Waals surface area contributed by atoms with Gasteiger partial charge in [-0.1, -0.05) is 55.2 Å². The van der Waals surface area contributed by atoms with Crippen LogP contribution in [0, 0.1) is 0 Å². The molecule has 8 nitrogen and oxygen atoms in total. The lowest BCUT2D eigenvalue weighted by molar-refractivity contribution is -0.119. The molecule has 1 N–H and O–H groups in total. The smallest absolute Gasteiger partial charge is 0.339 e. The average molecular weight is 563 g/mol. The summed E-state index contributed by atoms with van der Waals surface area (Å²) in [5, 5.41) is 3.04. The topological polar surface area (TPSA) is 110 Å². The van der Waals surface area contributed by atoms with Gasteiger partial charge in [0.05, 0.1) is 21.2 Å². The molecule has 3 rings (SSSR count). The van der Waals surface area contributed by atoms with E-state index in [0.717, 1.165) is 0 Å². The zero-order valence-electron chi connectivity index (χ0n) is 20.0. The minimum absolute atomic E-state index is 0.0133. The molecule has 37 heavy (non-hydrogen) atoms. The fraction of sp³-hybridized carbons (Fsp3) is 0.192. The Morgan fingerprint density at radius 2 is 1.51 bits per heavy atom. The molecule has 3 aromatic rings. The fourth-order valence-electron chi connectivity index (χ4n) is 3.48. The highest BCUT2D eigenvalue weighted by Gasteiger charge is 2.23. The fourth-order valence-corrected chi connectivity index (χ4v) is 5.26. The first-order valence-electron chi connectivity index (χ1n) is 11.2. The molecule has 0 bridgehead atoms.